The van der Waals surface area contributed by atoms with E-state index < -0.39 is 0 Å². The van der Waals surface area contributed by atoms with Gasteiger partial charge in [0.25, 0.3) is 0 Å². The summed E-state index contributed by atoms with van der Waals surface area (Å²) < 4.78 is 0. The van der Waals surface area contributed by atoms with Gasteiger partial charge in [0.15, 0.2) is 0 Å². The highest BCUT2D eigenvalue weighted by Gasteiger charge is 2.31. The van der Waals surface area contributed by atoms with Gasteiger partial charge in [-0.1, -0.05) is 37.3 Å². The Morgan fingerprint density at radius 2 is 2.05 bits per heavy atom. The third-order valence-corrected chi connectivity index (χ3v) is 4.35. The second-order valence-electron chi connectivity index (χ2n) is 5.43. The Hall–Kier alpha value is -1.39. The summed E-state index contributed by atoms with van der Waals surface area (Å²) in [6.45, 7) is 6.10. The number of hydrogen-bond donors (Lipinski definition) is 2. The van der Waals surface area contributed by atoms with Crippen LogP contribution in [0.1, 0.15) is 31.7 Å². The lowest BCUT2D eigenvalue weighted by atomic mass is 9.98. The molecule has 1 aromatic carbocycles. The molecule has 0 radical (unpaired) electrons. The molecule has 0 aliphatic carbocycles. The number of nitrogens with one attached hydrogen (secondary N) is 1. The fourth-order valence-electron chi connectivity index (χ4n) is 2.82. The summed E-state index contributed by atoms with van der Waals surface area (Å²) in [6.07, 6.45) is 1.16. The number of benzene rings is 1. The maximum absolute atomic E-state index is 11.6. The van der Waals surface area contributed by atoms with Crippen LogP contribution in [-0.2, 0) is 4.79 Å². The van der Waals surface area contributed by atoms with Gasteiger partial charge in [0.2, 0.25) is 5.91 Å². The van der Waals surface area contributed by atoms with Crippen molar-refractivity contribution in [2.24, 2.45) is 11.8 Å². The number of carbonyl (C=O) groups excluding carboxylic acids is 1. The highest BCUT2D eigenvalue weighted by Crippen LogP contribution is 2.29. The van der Waals surface area contributed by atoms with Crippen LogP contribution in [-0.4, -0.2) is 29.9 Å². The molecular weight excluding hydrogens is 238 g/mol. The minimum Gasteiger partial charge on any atom is -0.299 e. The molecule has 1 fully saturated rings. The summed E-state index contributed by atoms with van der Waals surface area (Å²) in [4.78, 5) is 14.0. The highest BCUT2D eigenvalue weighted by molar-refractivity contribution is 5.78. The molecule has 1 heterocycles. The van der Waals surface area contributed by atoms with Crippen molar-refractivity contribution in [1.29, 1.82) is 0 Å². The summed E-state index contributed by atoms with van der Waals surface area (Å²) in [7, 11) is 0. The minimum absolute atomic E-state index is 0.0838. The van der Waals surface area contributed by atoms with Crippen LogP contribution in [0.3, 0.4) is 0 Å². The molecule has 0 aromatic heterocycles. The Morgan fingerprint density at radius 3 is 2.68 bits per heavy atom. The van der Waals surface area contributed by atoms with E-state index >= 15 is 0 Å². The lowest BCUT2D eigenvalue weighted by Gasteiger charge is -2.28. The number of rotatable bonds is 4. The monoisotopic (exact) mass is 261 g/mol. The van der Waals surface area contributed by atoms with Crippen LogP contribution in [0, 0.1) is 5.92 Å². The third-order valence-electron chi connectivity index (χ3n) is 4.35. The largest absolute Gasteiger partial charge is 0.299 e. The third kappa shape index (κ3) is 3.14. The number of nitrogens with two attached hydrogens (primary N) is 1. The van der Waals surface area contributed by atoms with Crippen LogP contribution in [0.4, 0.5) is 0 Å². The fourth-order valence-corrected chi connectivity index (χ4v) is 2.82. The highest BCUT2D eigenvalue weighted by atomic mass is 16.2. The zero-order valence-corrected chi connectivity index (χ0v) is 11.7. The molecule has 19 heavy (non-hydrogen) atoms. The molecule has 1 aliphatic rings. The lowest BCUT2D eigenvalue weighted by molar-refractivity contribution is -0.126. The van der Waals surface area contributed by atoms with E-state index in [4.69, 9.17) is 5.84 Å². The molecule has 4 nitrogen and oxygen atoms in total. The van der Waals surface area contributed by atoms with Crippen molar-refractivity contribution in [3.63, 3.8) is 0 Å². The average molecular weight is 261 g/mol. The van der Waals surface area contributed by atoms with Gasteiger partial charge in [-0.3, -0.25) is 15.1 Å². The maximum atomic E-state index is 11.6. The fraction of sp³-hybridized carbons (Fsp3) is 0.533. The van der Waals surface area contributed by atoms with Gasteiger partial charge in [-0.25, -0.2) is 5.84 Å². The molecule has 1 amide bonds. The second-order valence-corrected chi connectivity index (χ2v) is 5.43. The zero-order chi connectivity index (χ0) is 13.8. The summed E-state index contributed by atoms with van der Waals surface area (Å²) in [6, 6.07) is 10.8. The minimum atomic E-state index is -0.0874. The van der Waals surface area contributed by atoms with Crippen LogP contribution in [0.25, 0.3) is 0 Å². The van der Waals surface area contributed by atoms with Crippen LogP contribution in [0.5, 0.6) is 0 Å². The molecule has 0 bridgehead atoms. The summed E-state index contributed by atoms with van der Waals surface area (Å²) in [5, 5.41) is 0. The lowest BCUT2D eigenvalue weighted by Crippen LogP contribution is -2.45. The quantitative estimate of drug-likeness (QED) is 0.490. The van der Waals surface area contributed by atoms with E-state index in [1.165, 1.54) is 5.56 Å². The van der Waals surface area contributed by atoms with E-state index in [0.717, 1.165) is 19.5 Å². The van der Waals surface area contributed by atoms with E-state index in [0.29, 0.717) is 5.92 Å². The maximum Gasteiger partial charge on any atom is 0.238 e. The van der Waals surface area contributed by atoms with Crippen molar-refractivity contribution >= 4 is 5.91 Å². The van der Waals surface area contributed by atoms with E-state index in [2.05, 4.69) is 41.5 Å². The number of hydrogen-bond acceptors (Lipinski definition) is 3. The van der Waals surface area contributed by atoms with E-state index in [1.54, 1.807) is 0 Å². The summed E-state index contributed by atoms with van der Waals surface area (Å²) in [5.41, 5.74) is 3.64. The zero-order valence-electron chi connectivity index (χ0n) is 11.7. The molecule has 3 N–H and O–H groups in total. The van der Waals surface area contributed by atoms with Gasteiger partial charge in [-0.15, -0.1) is 0 Å². The molecule has 3 unspecified atom stereocenters. The van der Waals surface area contributed by atoms with E-state index in [-0.39, 0.29) is 17.9 Å². The smallest absolute Gasteiger partial charge is 0.238 e. The van der Waals surface area contributed by atoms with Crippen molar-refractivity contribution in [1.82, 2.24) is 10.3 Å². The standard InChI is InChI=1S/C15H23N3O/c1-11(15(19)17-16)12(2)18-9-8-14(10-18)13-6-4-3-5-7-13/h3-7,11-12,14H,8-10,16H2,1-2H3,(H,17,19). The molecule has 0 spiro atoms. The Kier molecular flexibility index (Phi) is 4.56. The first-order valence-corrected chi connectivity index (χ1v) is 6.93. The average Bonchev–Trinajstić information content (AvgIpc) is 2.95. The van der Waals surface area contributed by atoms with Gasteiger partial charge < -0.3 is 0 Å². The van der Waals surface area contributed by atoms with Crippen molar-refractivity contribution in [3.8, 4) is 0 Å². The first-order chi connectivity index (χ1) is 9.13. The second kappa shape index (κ2) is 6.17. The normalized spacial score (nSPS) is 23.0. The van der Waals surface area contributed by atoms with Crippen molar-refractivity contribution in [2.45, 2.75) is 32.2 Å². The molecule has 1 aromatic rings. The van der Waals surface area contributed by atoms with E-state index in [9.17, 15) is 4.79 Å². The van der Waals surface area contributed by atoms with Gasteiger partial charge in [-0.2, -0.15) is 0 Å². The molecule has 1 aliphatic heterocycles. The Labute approximate surface area is 114 Å². The molecule has 0 saturated carbocycles. The number of hydrazine groups is 1. The van der Waals surface area contributed by atoms with Gasteiger partial charge in [0.1, 0.15) is 0 Å². The predicted molar refractivity (Wildman–Crippen MR) is 76.3 cm³/mol. The topological polar surface area (TPSA) is 58.4 Å². The van der Waals surface area contributed by atoms with Gasteiger partial charge in [0.05, 0.1) is 5.92 Å². The molecule has 2 rings (SSSR count). The molecule has 1 saturated heterocycles. The Balaban J connectivity index is 1.97. The molecule has 4 heteroatoms. The number of amides is 1. The van der Waals surface area contributed by atoms with Crippen LogP contribution in [0.2, 0.25) is 0 Å². The van der Waals surface area contributed by atoms with Gasteiger partial charge in [0, 0.05) is 12.6 Å². The predicted octanol–water partition coefficient (Wildman–Crippen LogP) is 1.49. The molecular formula is C15H23N3O. The number of carbonyl (C=O) groups is 1. The van der Waals surface area contributed by atoms with Crippen LogP contribution in [0.15, 0.2) is 30.3 Å². The number of nitrogens with zero attached hydrogens (tertiary/aromatic N) is 1. The number of likely N-dealkylation sites (tertiary alicyclic amines) is 1. The van der Waals surface area contributed by atoms with Crippen molar-refractivity contribution in [2.75, 3.05) is 13.1 Å². The Morgan fingerprint density at radius 1 is 1.37 bits per heavy atom. The van der Waals surface area contributed by atoms with Crippen molar-refractivity contribution < 1.29 is 4.79 Å². The van der Waals surface area contributed by atoms with E-state index in [1.807, 2.05) is 13.0 Å². The SMILES string of the molecule is CC(C(=O)NN)C(C)N1CCC(c2ccccc2)C1. The van der Waals surface area contributed by atoms with Crippen molar-refractivity contribution in [3.05, 3.63) is 35.9 Å². The Bertz CT molecular complexity index is 421. The first kappa shape index (κ1) is 14.0. The summed E-state index contributed by atoms with van der Waals surface area (Å²) in [5.74, 6) is 5.62. The van der Waals surface area contributed by atoms with Crippen LogP contribution < -0.4 is 11.3 Å². The first-order valence-electron chi connectivity index (χ1n) is 6.93. The van der Waals surface area contributed by atoms with Gasteiger partial charge in [-0.05, 0) is 31.4 Å². The molecule has 104 valence electrons. The van der Waals surface area contributed by atoms with Crippen LogP contribution >= 0.6 is 0 Å². The van der Waals surface area contributed by atoms with Gasteiger partial charge >= 0.3 is 0 Å². The molecule has 3 atom stereocenters. The summed E-state index contributed by atoms with van der Waals surface area (Å²) >= 11 is 0.